The van der Waals surface area contributed by atoms with Crippen LogP contribution < -0.4 is 11.3 Å². The van der Waals surface area contributed by atoms with Gasteiger partial charge >= 0.3 is 0 Å². The van der Waals surface area contributed by atoms with Gasteiger partial charge in [-0.15, -0.1) is 0 Å². The number of carbonyl (C=O) groups excluding carboxylic acids is 1. The minimum atomic E-state index is -0.330. The molecule has 3 rings (SSSR count). The van der Waals surface area contributed by atoms with E-state index in [0.717, 1.165) is 16.3 Å². The Morgan fingerprint density at radius 2 is 1.83 bits per heavy atom. The summed E-state index contributed by atoms with van der Waals surface area (Å²) in [5, 5.41) is 1.98. The van der Waals surface area contributed by atoms with E-state index in [9.17, 15) is 4.79 Å². The van der Waals surface area contributed by atoms with Crippen molar-refractivity contribution < 1.29 is 4.79 Å². The summed E-state index contributed by atoms with van der Waals surface area (Å²) in [4.78, 5) is 16.2. The fourth-order valence-corrected chi connectivity index (χ4v) is 2.06. The zero-order valence-electron chi connectivity index (χ0n) is 9.55. The number of aromatic nitrogens is 1. The lowest BCUT2D eigenvalue weighted by Gasteiger charge is -2.06. The molecule has 88 valence electrons. The lowest BCUT2D eigenvalue weighted by atomic mass is 10.1. The predicted octanol–water partition coefficient (Wildman–Crippen LogP) is 1.99. The van der Waals surface area contributed by atoms with Gasteiger partial charge in [-0.2, -0.15) is 0 Å². The topological polar surface area (TPSA) is 68.0 Å². The van der Waals surface area contributed by atoms with Crippen LogP contribution in [0.4, 0.5) is 0 Å². The van der Waals surface area contributed by atoms with Crippen molar-refractivity contribution in [2.75, 3.05) is 0 Å². The molecular formula is C14H11N3O. The van der Waals surface area contributed by atoms with Gasteiger partial charge in [0.15, 0.2) is 0 Å². The highest BCUT2D eigenvalue weighted by molar-refractivity contribution is 6.07. The lowest BCUT2D eigenvalue weighted by Crippen LogP contribution is -2.30. The first-order valence-electron chi connectivity index (χ1n) is 5.59. The Kier molecular flexibility index (Phi) is 2.42. The molecule has 1 aromatic heterocycles. The van der Waals surface area contributed by atoms with E-state index in [1.54, 1.807) is 6.07 Å². The van der Waals surface area contributed by atoms with Gasteiger partial charge in [0.1, 0.15) is 0 Å². The summed E-state index contributed by atoms with van der Waals surface area (Å²) in [6, 6.07) is 15.3. The quantitative estimate of drug-likeness (QED) is 0.294. The number of rotatable bonds is 1. The van der Waals surface area contributed by atoms with E-state index in [1.165, 1.54) is 0 Å². The van der Waals surface area contributed by atoms with Gasteiger partial charge in [-0.25, -0.2) is 10.8 Å². The summed E-state index contributed by atoms with van der Waals surface area (Å²) in [6.45, 7) is 0. The maximum Gasteiger partial charge on any atom is 0.267 e. The van der Waals surface area contributed by atoms with Crippen LogP contribution >= 0.6 is 0 Å². The normalized spacial score (nSPS) is 10.7. The lowest BCUT2D eigenvalue weighted by molar-refractivity contribution is 0.0955. The largest absolute Gasteiger partial charge is 0.290 e. The molecule has 0 saturated carbocycles. The molecule has 4 heteroatoms. The highest BCUT2D eigenvalue weighted by Crippen LogP contribution is 2.22. The van der Waals surface area contributed by atoms with E-state index < -0.39 is 0 Å². The van der Waals surface area contributed by atoms with Crippen LogP contribution in [0.3, 0.4) is 0 Å². The molecule has 0 radical (unpaired) electrons. The number of nitrogen functional groups attached to an aromatic ring is 1. The monoisotopic (exact) mass is 237 g/mol. The van der Waals surface area contributed by atoms with Gasteiger partial charge in [0.25, 0.3) is 5.91 Å². The number of nitrogens with zero attached hydrogens (tertiary/aromatic N) is 1. The Hall–Kier alpha value is -2.46. The van der Waals surface area contributed by atoms with Crippen LogP contribution in [0.1, 0.15) is 10.4 Å². The molecular weight excluding hydrogens is 226 g/mol. The fourth-order valence-electron chi connectivity index (χ4n) is 2.06. The van der Waals surface area contributed by atoms with E-state index >= 15 is 0 Å². The van der Waals surface area contributed by atoms with Crippen molar-refractivity contribution in [3.05, 3.63) is 54.1 Å². The first kappa shape index (κ1) is 10.7. The molecule has 4 nitrogen and oxygen atoms in total. The molecule has 0 aliphatic heterocycles. The van der Waals surface area contributed by atoms with Crippen molar-refractivity contribution in [2.45, 2.75) is 0 Å². The van der Waals surface area contributed by atoms with Crippen molar-refractivity contribution >= 4 is 27.7 Å². The van der Waals surface area contributed by atoms with Crippen LogP contribution in [0.25, 0.3) is 21.8 Å². The first-order valence-corrected chi connectivity index (χ1v) is 5.59. The average Bonchev–Trinajstić information content (AvgIpc) is 2.43. The molecule has 1 heterocycles. The number of amides is 1. The Bertz CT molecular complexity index is 752. The molecule has 3 aromatic rings. The highest BCUT2D eigenvalue weighted by Gasteiger charge is 2.10. The third-order valence-corrected chi connectivity index (χ3v) is 2.92. The van der Waals surface area contributed by atoms with Crippen LogP contribution in [0.15, 0.2) is 48.5 Å². The molecule has 0 fully saturated rings. The van der Waals surface area contributed by atoms with E-state index in [2.05, 4.69) is 10.4 Å². The SMILES string of the molecule is NNC(=O)c1cccc2cc3ccccc3nc12. The third-order valence-electron chi connectivity index (χ3n) is 2.92. The van der Waals surface area contributed by atoms with Gasteiger partial charge in [0, 0.05) is 10.8 Å². The number of nitrogens with two attached hydrogens (primary N) is 1. The molecule has 2 aromatic carbocycles. The zero-order valence-corrected chi connectivity index (χ0v) is 9.55. The molecule has 1 amide bonds. The Morgan fingerprint density at radius 3 is 2.67 bits per heavy atom. The van der Waals surface area contributed by atoms with Crippen molar-refractivity contribution in [1.82, 2.24) is 10.4 Å². The van der Waals surface area contributed by atoms with Gasteiger partial charge in [-0.05, 0) is 18.2 Å². The van der Waals surface area contributed by atoms with Gasteiger partial charge in [0.2, 0.25) is 0 Å². The smallest absolute Gasteiger partial charge is 0.267 e. The van der Waals surface area contributed by atoms with E-state index in [0.29, 0.717) is 11.1 Å². The van der Waals surface area contributed by atoms with Crippen LogP contribution in [0.5, 0.6) is 0 Å². The van der Waals surface area contributed by atoms with Crippen LogP contribution in [0, 0.1) is 0 Å². The Labute approximate surface area is 103 Å². The number of para-hydroxylation sites is 2. The van der Waals surface area contributed by atoms with Crippen molar-refractivity contribution in [1.29, 1.82) is 0 Å². The Balaban J connectivity index is 2.39. The molecule has 0 spiro atoms. The van der Waals surface area contributed by atoms with Gasteiger partial charge in [-0.1, -0.05) is 30.3 Å². The zero-order chi connectivity index (χ0) is 12.5. The second-order valence-electron chi connectivity index (χ2n) is 4.03. The van der Waals surface area contributed by atoms with Crippen LogP contribution in [-0.2, 0) is 0 Å². The van der Waals surface area contributed by atoms with Crippen LogP contribution in [0.2, 0.25) is 0 Å². The molecule has 0 unspecified atom stereocenters. The summed E-state index contributed by atoms with van der Waals surface area (Å²) in [5.74, 6) is 4.85. The van der Waals surface area contributed by atoms with Gasteiger partial charge in [0.05, 0.1) is 16.6 Å². The molecule has 0 aliphatic rings. The summed E-state index contributed by atoms with van der Waals surface area (Å²) >= 11 is 0. The Morgan fingerprint density at radius 1 is 1.06 bits per heavy atom. The number of nitrogens with one attached hydrogen (secondary N) is 1. The predicted molar refractivity (Wildman–Crippen MR) is 70.9 cm³/mol. The third kappa shape index (κ3) is 1.59. The number of hydrogen-bond donors (Lipinski definition) is 2. The molecule has 0 atom stereocenters. The molecule has 0 saturated heterocycles. The number of hydrogen-bond acceptors (Lipinski definition) is 3. The van der Waals surface area contributed by atoms with E-state index in [-0.39, 0.29) is 5.91 Å². The number of fused-ring (bicyclic) bond motifs is 2. The molecule has 18 heavy (non-hydrogen) atoms. The second-order valence-corrected chi connectivity index (χ2v) is 4.03. The molecule has 0 bridgehead atoms. The molecule has 0 aliphatic carbocycles. The number of carbonyl (C=O) groups is 1. The number of hydrazine groups is 1. The summed E-state index contributed by atoms with van der Waals surface area (Å²) < 4.78 is 0. The van der Waals surface area contributed by atoms with Crippen molar-refractivity contribution in [3.8, 4) is 0 Å². The minimum Gasteiger partial charge on any atom is -0.290 e. The van der Waals surface area contributed by atoms with Crippen molar-refractivity contribution in [2.24, 2.45) is 5.84 Å². The average molecular weight is 237 g/mol. The van der Waals surface area contributed by atoms with Gasteiger partial charge < -0.3 is 0 Å². The maximum absolute atomic E-state index is 11.7. The number of pyridine rings is 1. The standard InChI is InChI=1S/C14H11N3O/c15-17-14(18)11-6-3-5-10-8-9-4-1-2-7-12(9)16-13(10)11/h1-8H,15H2,(H,17,18). The van der Waals surface area contributed by atoms with Gasteiger partial charge in [-0.3, -0.25) is 10.2 Å². The van der Waals surface area contributed by atoms with E-state index in [1.807, 2.05) is 42.5 Å². The summed E-state index contributed by atoms with van der Waals surface area (Å²) in [6.07, 6.45) is 0. The van der Waals surface area contributed by atoms with E-state index in [4.69, 9.17) is 5.84 Å². The van der Waals surface area contributed by atoms with Crippen molar-refractivity contribution in [3.63, 3.8) is 0 Å². The van der Waals surface area contributed by atoms with Crippen LogP contribution in [-0.4, -0.2) is 10.9 Å². The second kappa shape index (κ2) is 4.09. The minimum absolute atomic E-state index is 0.330. The fraction of sp³-hybridized carbons (Fsp3) is 0. The first-order chi connectivity index (χ1) is 8.79. The highest BCUT2D eigenvalue weighted by atomic mass is 16.2. The summed E-state index contributed by atoms with van der Waals surface area (Å²) in [5.41, 5.74) is 4.16. The summed E-state index contributed by atoms with van der Waals surface area (Å²) in [7, 11) is 0. The molecule has 3 N–H and O–H groups in total. The maximum atomic E-state index is 11.7. The number of benzene rings is 2.